The molecule has 0 saturated heterocycles. The van der Waals surface area contributed by atoms with Gasteiger partial charge in [0.15, 0.2) is 17.3 Å². The summed E-state index contributed by atoms with van der Waals surface area (Å²) < 4.78 is 18.1. The second kappa shape index (κ2) is 8.83. The molecule has 0 aliphatic carbocycles. The van der Waals surface area contributed by atoms with Crippen LogP contribution in [0.3, 0.4) is 0 Å². The van der Waals surface area contributed by atoms with Crippen LogP contribution in [0.2, 0.25) is 0 Å². The van der Waals surface area contributed by atoms with Gasteiger partial charge in [-0.15, -0.1) is 0 Å². The Bertz CT molecular complexity index is 1320. The number of nitrogens with zero attached hydrogens (tertiary/aromatic N) is 4. The molecule has 1 amide bonds. The smallest absolute Gasteiger partial charge is 0.248 e. The number of amides is 1. The fourth-order valence-corrected chi connectivity index (χ4v) is 3.20. The molecule has 3 heterocycles. The van der Waals surface area contributed by atoms with Gasteiger partial charge in [-0.25, -0.2) is 9.67 Å². The second-order valence-electron chi connectivity index (χ2n) is 7.12. The Labute approximate surface area is 189 Å². The van der Waals surface area contributed by atoms with Gasteiger partial charge in [0, 0.05) is 30.2 Å². The molecule has 0 fully saturated rings. The summed E-state index contributed by atoms with van der Waals surface area (Å²) in [6.45, 7) is 2.00. The first kappa shape index (κ1) is 20.3. The Morgan fingerprint density at radius 2 is 1.94 bits per heavy atom. The van der Waals surface area contributed by atoms with Crippen LogP contribution in [0.5, 0.6) is 23.1 Å². The number of aryl methyl sites for hydroxylation is 1. The Morgan fingerprint density at radius 3 is 2.76 bits per heavy atom. The zero-order valence-electron chi connectivity index (χ0n) is 17.6. The first-order chi connectivity index (χ1) is 16.1. The van der Waals surface area contributed by atoms with Crippen LogP contribution in [-0.2, 0) is 4.79 Å². The summed E-state index contributed by atoms with van der Waals surface area (Å²) in [6.07, 6.45) is 6.64. The maximum atomic E-state index is 12.3. The van der Waals surface area contributed by atoms with Crippen molar-refractivity contribution >= 4 is 17.7 Å². The minimum atomic E-state index is -0.253. The van der Waals surface area contributed by atoms with Crippen LogP contribution in [0.1, 0.15) is 11.4 Å². The first-order valence-electron chi connectivity index (χ1n) is 10.1. The SMILES string of the molecule is Cc1nc(Oc2ccc(NC(=O)/C=C/c3ccc4c(c3)OCO4)cc2)cc(-n2cccn2)n1. The number of ether oxygens (including phenoxy) is 3. The van der Waals surface area contributed by atoms with Crippen LogP contribution in [0.15, 0.2) is 73.1 Å². The van der Waals surface area contributed by atoms with Gasteiger partial charge in [-0.05, 0) is 61.0 Å². The van der Waals surface area contributed by atoms with Gasteiger partial charge in [0.25, 0.3) is 0 Å². The van der Waals surface area contributed by atoms with E-state index in [0.717, 1.165) is 5.56 Å². The molecule has 0 bridgehead atoms. The highest BCUT2D eigenvalue weighted by atomic mass is 16.7. The Morgan fingerprint density at radius 1 is 1.09 bits per heavy atom. The maximum absolute atomic E-state index is 12.3. The molecule has 164 valence electrons. The largest absolute Gasteiger partial charge is 0.454 e. The van der Waals surface area contributed by atoms with Gasteiger partial charge < -0.3 is 19.5 Å². The first-order valence-corrected chi connectivity index (χ1v) is 10.1. The van der Waals surface area contributed by atoms with Crippen LogP contribution < -0.4 is 19.5 Å². The van der Waals surface area contributed by atoms with E-state index < -0.39 is 0 Å². The van der Waals surface area contributed by atoms with E-state index in [1.807, 2.05) is 24.3 Å². The molecule has 0 spiro atoms. The van der Waals surface area contributed by atoms with Gasteiger partial charge in [-0.1, -0.05) is 6.07 Å². The average Bonchev–Trinajstić information content (AvgIpc) is 3.50. The maximum Gasteiger partial charge on any atom is 0.248 e. The third-order valence-corrected chi connectivity index (χ3v) is 4.71. The lowest BCUT2D eigenvalue weighted by molar-refractivity contribution is -0.111. The molecular weight excluding hydrogens is 422 g/mol. The molecule has 0 saturated carbocycles. The van der Waals surface area contributed by atoms with Crippen LogP contribution in [0.25, 0.3) is 11.9 Å². The number of carbonyl (C=O) groups excluding carboxylic acids is 1. The van der Waals surface area contributed by atoms with Crippen molar-refractivity contribution in [3.8, 4) is 28.9 Å². The van der Waals surface area contributed by atoms with E-state index >= 15 is 0 Å². The minimum absolute atomic E-state index is 0.213. The molecule has 9 nitrogen and oxygen atoms in total. The van der Waals surface area contributed by atoms with Crippen molar-refractivity contribution in [3.05, 3.63) is 84.5 Å². The third-order valence-electron chi connectivity index (χ3n) is 4.71. The molecule has 0 radical (unpaired) electrons. The van der Waals surface area contributed by atoms with E-state index in [4.69, 9.17) is 14.2 Å². The molecule has 0 unspecified atom stereocenters. The van der Waals surface area contributed by atoms with E-state index in [1.54, 1.807) is 60.4 Å². The topological polar surface area (TPSA) is 100 Å². The zero-order valence-corrected chi connectivity index (χ0v) is 17.6. The van der Waals surface area contributed by atoms with Crippen LogP contribution in [0.4, 0.5) is 5.69 Å². The van der Waals surface area contributed by atoms with Crippen molar-refractivity contribution in [2.75, 3.05) is 12.1 Å². The fourth-order valence-electron chi connectivity index (χ4n) is 3.20. The average molecular weight is 441 g/mol. The molecule has 5 rings (SSSR count). The lowest BCUT2D eigenvalue weighted by atomic mass is 10.2. The van der Waals surface area contributed by atoms with Crippen LogP contribution >= 0.6 is 0 Å². The number of carbonyl (C=O) groups is 1. The third kappa shape index (κ3) is 4.82. The normalized spacial score (nSPS) is 12.2. The number of hydrogen-bond acceptors (Lipinski definition) is 7. The van der Waals surface area contributed by atoms with Crippen molar-refractivity contribution in [3.63, 3.8) is 0 Å². The van der Waals surface area contributed by atoms with Crippen LogP contribution in [0, 0.1) is 6.92 Å². The van der Waals surface area contributed by atoms with Gasteiger partial charge in [-0.2, -0.15) is 10.1 Å². The van der Waals surface area contributed by atoms with Gasteiger partial charge >= 0.3 is 0 Å². The number of fused-ring (bicyclic) bond motifs is 1. The second-order valence-corrected chi connectivity index (χ2v) is 7.12. The molecule has 1 aliphatic rings. The molecule has 4 aromatic rings. The molecule has 1 aliphatic heterocycles. The molecule has 2 aromatic carbocycles. The predicted octanol–water partition coefficient (Wildman–Crippen LogP) is 4.14. The van der Waals surface area contributed by atoms with E-state index in [9.17, 15) is 4.79 Å². The fraction of sp³-hybridized carbons (Fsp3) is 0.0833. The van der Waals surface area contributed by atoms with Gasteiger partial charge in [0.1, 0.15) is 11.6 Å². The lowest BCUT2D eigenvalue weighted by Crippen LogP contribution is -2.07. The van der Waals surface area contributed by atoms with Gasteiger partial charge in [-0.3, -0.25) is 4.79 Å². The summed E-state index contributed by atoms with van der Waals surface area (Å²) in [5.74, 6) is 3.27. The summed E-state index contributed by atoms with van der Waals surface area (Å²) in [5.41, 5.74) is 1.48. The standard InChI is InChI=1S/C24H19N5O4/c1-16-26-22(29-12-2-11-25-29)14-24(27-16)33-19-7-5-18(6-8-19)28-23(30)10-4-17-3-9-20-21(13-17)32-15-31-20/h2-14H,15H2,1H3,(H,28,30)/b10-4+. The van der Waals surface area contributed by atoms with E-state index in [0.29, 0.717) is 40.5 Å². The molecule has 9 heteroatoms. The predicted molar refractivity (Wildman–Crippen MR) is 121 cm³/mol. The van der Waals surface area contributed by atoms with E-state index in [-0.39, 0.29) is 12.7 Å². The quantitative estimate of drug-likeness (QED) is 0.449. The number of hydrogen-bond donors (Lipinski definition) is 1. The Hall–Kier alpha value is -4.66. The number of aromatic nitrogens is 4. The Kier molecular flexibility index (Phi) is 5.42. The van der Waals surface area contributed by atoms with Crippen LogP contribution in [-0.4, -0.2) is 32.4 Å². The van der Waals surface area contributed by atoms with Gasteiger partial charge in [0.2, 0.25) is 18.6 Å². The van der Waals surface area contributed by atoms with E-state index in [1.165, 1.54) is 6.08 Å². The number of nitrogens with one attached hydrogen (secondary N) is 1. The van der Waals surface area contributed by atoms with Crippen molar-refractivity contribution in [2.45, 2.75) is 6.92 Å². The number of benzene rings is 2. The van der Waals surface area contributed by atoms with Crippen molar-refractivity contribution < 1.29 is 19.0 Å². The molecule has 1 N–H and O–H groups in total. The van der Waals surface area contributed by atoms with Crippen molar-refractivity contribution in [1.82, 2.24) is 19.7 Å². The van der Waals surface area contributed by atoms with E-state index in [2.05, 4.69) is 20.4 Å². The summed E-state index contributed by atoms with van der Waals surface area (Å²) >= 11 is 0. The minimum Gasteiger partial charge on any atom is -0.454 e. The highest BCUT2D eigenvalue weighted by Gasteiger charge is 2.12. The summed E-state index contributed by atoms with van der Waals surface area (Å²) in [6, 6.07) is 16.0. The molecule has 33 heavy (non-hydrogen) atoms. The Balaban J connectivity index is 1.21. The number of anilines is 1. The molecular formula is C24H19N5O4. The summed E-state index contributed by atoms with van der Waals surface area (Å²) in [4.78, 5) is 21.0. The molecule has 2 aromatic heterocycles. The highest BCUT2D eigenvalue weighted by Crippen LogP contribution is 2.32. The monoisotopic (exact) mass is 441 g/mol. The number of rotatable bonds is 6. The van der Waals surface area contributed by atoms with Gasteiger partial charge in [0.05, 0.1) is 0 Å². The summed E-state index contributed by atoms with van der Waals surface area (Å²) in [5, 5.41) is 7.00. The highest BCUT2D eigenvalue weighted by molar-refractivity contribution is 6.02. The zero-order chi connectivity index (χ0) is 22.6. The summed E-state index contributed by atoms with van der Waals surface area (Å²) in [7, 11) is 0. The van der Waals surface area contributed by atoms with Crippen molar-refractivity contribution in [1.29, 1.82) is 0 Å². The lowest BCUT2D eigenvalue weighted by Gasteiger charge is -2.09. The molecule has 0 atom stereocenters. The van der Waals surface area contributed by atoms with Crippen molar-refractivity contribution in [2.24, 2.45) is 0 Å².